The number of amides is 1. The molecule has 0 unspecified atom stereocenters. The molecule has 202 valence electrons. The maximum Gasteiger partial charge on any atom is 0.410 e. The standard InChI is InChI=1S/C26H35BrFIN6O2/c1-25(2,3)37-24(36)35-15-26(16-35)6-10-33(11-7-26)22-17-14-18(29)19(27)20(28)21(17)30-23(31-22)34-9-5-8-32(4)12-13-34/h14H,5-13,15-16H2,1-4H3. The second-order valence-electron chi connectivity index (χ2n) is 11.7. The van der Waals surface area contributed by atoms with Gasteiger partial charge in [-0.2, -0.15) is 4.98 Å². The minimum absolute atomic E-state index is 0.122. The summed E-state index contributed by atoms with van der Waals surface area (Å²) in [6, 6.07) is 1.98. The summed E-state index contributed by atoms with van der Waals surface area (Å²) in [5.41, 5.74) is 0.00128. The summed E-state index contributed by atoms with van der Waals surface area (Å²) in [5.74, 6) is 1.07. The lowest BCUT2D eigenvalue weighted by atomic mass is 9.72. The highest BCUT2D eigenvalue weighted by Crippen LogP contribution is 2.43. The van der Waals surface area contributed by atoms with Crippen molar-refractivity contribution in [3.8, 4) is 0 Å². The Kier molecular flexibility index (Phi) is 7.51. The summed E-state index contributed by atoms with van der Waals surface area (Å²) in [6.45, 7) is 12.4. The van der Waals surface area contributed by atoms with Crippen molar-refractivity contribution >= 4 is 67.3 Å². The van der Waals surface area contributed by atoms with E-state index in [-0.39, 0.29) is 17.3 Å². The molecular formula is C26H35BrFIN6O2. The van der Waals surface area contributed by atoms with Gasteiger partial charge >= 0.3 is 6.09 Å². The normalized spacial score (nSPS) is 20.8. The molecule has 3 aliphatic heterocycles. The number of likely N-dealkylation sites (tertiary alicyclic amines) is 1. The van der Waals surface area contributed by atoms with Crippen LogP contribution in [0.1, 0.15) is 40.0 Å². The van der Waals surface area contributed by atoms with Crippen molar-refractivity contribution in [3.05, 3.63) is 19.9 Å². The van der Waals surface area contributed by atoms with Crippen LogP contribution in [0, 0.1) is 14.8 Å². The summed E-state index contributed by atoms with van der Waals surface area (Å²) in [5, 5.41) is 0.751. The number of nitrogens with zero attached hydrogens (tertiary/aromatic N) is 6. The molecule has 0 bridgehead atoms. The molecule has 11 heteroatoms. The Morgan fingerprint density at radius 3 is 2.46 bits per heavy atom. The first-order valence-corrected chi connectivity index (χ1v) is 14.8. The highest BCUT2D eigenvalue weighted by molar-refractivity contribution is 14.1. The minimum Gasteiger partial charge on any atom is -0.444 e. The van der Waals surface area contributed by atoms with E-state index < -0.39 is 5.60 Å². The summed E-state index contributed by atoms with van der Waals surface area (Å²) < 4.78 is 22.3. The molecule has 2 aromatic rings. The van der Waals surface area contributed by atoms with Crippen LogP contribution < -0.4 is 9.80 Å². The van der Waals surface area contributed by atoms with Crippen LogP contribution in [0.5, 0.6) is 0 Å². The molecule has 0 atom stereocenters. The third kappa shape index (κ3) is 5.63. The lowest BCUT2D eigenvalue weighted by Crippen LogP contribution is -2.62. The van der Waals surface area contributed by atoms with Gasteiger partial charge in [-0.3, -0.25) is 0 Å². The second kappa shape index (κ2) is 10.3. The summed E-state index contributed by atoms with van der Waals surface area (Å²) in [4.78, 5) is 30.8. The molecule has 1 spiro atoms. The summed E-state index contributed by atoms with van der Waals surface area (Å²) >= 11 is 5.57. The van der Waals surface area contributed by atoms with E-state index in [2.05, 4.69) is 60.3 Å². The van der Waals surface area contributed by atoms with Crippen LogP contribution in [-0.2, 0) is 4.74 Å². The van der Waals surface area contributed by atoms with Gasteiger partial charge < -0.3 is 24.3 Å². The number of rotatable bonds is 2. The molecule has 1 aromatic carbocycles. The lowest BCUT2D eigenvalue weighted by molar-refractivity contribution is -0.0434. The Hall–Kier alpha value is -1.47. The van der Waals surface area contributed by atoms with Crippen molar-refractivity contribution in [2.75, 3.05) is 69.2 Å². The van der Waals surface area contributed by atoms with Gasteiger partial charge in [0.05, 0.1) is 4.47 Å². The first-order chi connectivity index (χ1) is 17.4. The van der Waals surface area contributed by atoms with Crippen molar-refractivity contribution in [1.29, 1.82) is 0 Å². The average molecular weight is 689 g/mol. The van der Waals surface area contributed by atoms with Gasteiger partial charge in [0.2, 0.25) is 5.95 Å². The van der Waals surface area contributed by atoms with Crippen LogP contribution >= 0.6 is 38.5 Å². The molecule has 3 fully saturated rings. The van der Waals surface area contributed by atoms with Gasteiger partial charge in [0.25, 0.3) is 0 Å². The first kappa shape index (κ1) is 27.1. The molecule has 4 heterocycles. The number of piperidine rings is 1. The number of likely N-dealkylation sites (N-methyl/N-ethyl adjacent to an activating group) is 1. The van der Waals surface area contributed by atoms with E-state index in [1.165, 1.54) is 0 Å². The van der Waals surface area contributed by atoms with Gasteiger partial charge in [-0.15, -0.1) is 0 Å². The largest absolute Gasteiger partial charge is 0.444 e. The molecule has 3 saturated heterocycles. The Labute approximate surface area is 240 Å². The molecule has 1 aromatic heterocycles. The number of hydrogen-bond acceptors (Lipinski definition) is 7. The molecule has 0 aliphatic carbocycles. The number of fused-ring (bicyclic) bond motifs is 1. The van der Waals surface area contributed by atoms with Gasteiger partial charge in [-0.25, -0.2) is 14.2 Å². The molecule has 3 aliphatic rings. The summed E-state index contributed by atoms with van der Waals surface area (Å²) in [7, 11) is 2.13. The molecular weight excluding hydrogens is 654 g/mol. The van der Waals surface area contributed by atoms with Crippen LogP contribution in [0.2, 0.25) is 0 Å². The lowest BCUT2D eigenvalue weighted by Gasteiger charge is -2.53. The van der Waals surface area contributed by atoms with E-state index in [9.17, 15) is 4.79 Å². The third-order valence-electron chi connectivity index (χ3n) is 7.63. The number of hydrogen-bond donors (Lipinski definition) is 0. The second-order valence-corrected chi connectivity index (χ2v) is 13.7. The van der Waals surface area contributed by atoms with Crippen LogP contribution in [0.4, 0.5) is 21.0 Å². The molecule has 1 amide bonds. The summed E-state index contributed by atoms with van der Waals surface area (Å²) in [6.07, 6.45) is 2.70. The van der Waals surface area contributed by atoms with Crippen molar-refractivity contribution in [1.82, 2.24) is 19.8 Å². The van der Waals surface area contributed by atoms with Gasteiger partial charge in [-0.05, 0) is 98.2 Å². The van der Waals surface area contributed by atoms with E-state index in [1.54, 1.807) is 0 Å². The highest BCUT2D eigenvalue weighted by atomic mass is 127. The number of carbonyl (C=O) groups is 1. The first-order valence-electron chi connectivity index (χ1n) is 13.0. The average Bonchev–Trinajstić information content (AvgIpc) is 3.04. The Morgan fingerprint density at radius 1 is 1.08 bits per heavy atom. The Balaban J connectivity index is 1.39. The number of halogens is 3. The molecule has 8 nitrogen and oxygen atoms in total. The zero-order valence-electron chi connectivity index (χ0n) is 22.0. The van der Waals surface area contributed by atoms with E-state index in [0.717, 1.165) is 86.4 Å². The predicted octanol–water partition coefficient (Wildman–Crippen LogP) is 5.12. The number of anilines is 2. The van der Waals surface area contributed by atoms with Crippen LogP contribution in [0.25, 0.3) is 10.9 Å². The van der Waals surface area contributed by atoms with Crippen molar-refractivity contribution in [2.24, 2.45) is 5.41 Å². The molecule has 37 heavy (non-hydrogen) atoms. The van der Waals surface area contributed by atoms with Crippen LogP contribution in [0.3, 0.4) is 0 Å². The zero-order valence-corrected chi connectivity index (χ0v) is 25.7. The monoisotopic (exact) mass is 688 g/mol. The van der Waals surface area contributed by atoms with E-state index in [0.29, 0.717) is 15.9 Å². The quantitative estimate of drug-likeness (QED) is 0.321. The van der Waals surface area contributed by atoms with E-state index in [4.69, 9.17) is 14.7 Å². The topological polar surface area (TPSA) is 65.0 Å². The Morgan fingerprint density at radius 2 is 1.78 bits per heavy atom. The van der Waals surface area contributed by atoms with Gasteiger partial charge in [0, 0.05) is 60.2 Å². The molecule has 5 rings (SSSR count). The van der Waals surface area contributed by atoms with E-state index >= 15 is 4.39 Å². The molecule has 0 N–H and O–H groups in total. The van der Waals surface area contributed by atoms with Crippen LogP contribution in [0.15, 0.2) is 10.5 Å². The fraction of sp³-hybridized carbons (Fsp3) is 0.654. The number of aromatic nitrogens is 2. The van der Waals surface area contributed by atoms with Crippen molar-refractivity contribution in [3.63, 3.8) is 0 Å². The smallest absolute Gasteiger partial charge is 0.410 e. The Bertz CT molecular complexity index is 1190. The maximum atomic E-state index is 15.5. The van der Waals surface area contributed by atoms with Crippen LogP contribution in [-0.4, -0.2) is 90.9 Å². The van der Waals surface area contributed by atoms with Gasteiger partial charge in [0.1, 0.15) is 16.9 Å². The number of ether oxygens (including phenoxy) is 1. The maximum absolute atomic E-state index is 15.5. The highest BCUT2D eigenvalue weighted by Gasteiger charge is 2.48. The minimum atomic E-state index is -0.487. The predicted molar refractivity (Wildman–Crippen MR) is 156 cm³/mol. The number of benzene rings is 1. The van der Waals surface area contributed by atoms with Crippen molar-refractivity contribution in [2.45, 2.75) is 45.6 Å². The molecule has 0 saturated carbocycles. The molecule has 0 radical (unpaired) electrons. The van der Waals surface area contributed by atoms with E-state index in [1.807, 2.05) is 31.7 Å². The third-order valence-corrected chi connectivity index (χ3v) is 9.99. The fourth-order valence-electron chi connectivity index (χ4n) is 5.50. The zero-order chi connectivity index (χ0) is 26.5. The number of carbonyl (C=O) groups excluding carboxylic acids is 1. The fourth-order valence-corrected chi connectivity index (χ4v) is 6.35. The van der Waals surface area contributed by atoms with Gasteiger partial charge in [0.15, 0.2) is 5.82 Å². The van der Waals surface area contributed by atoms with Crippen molar-refractivity contribution < 1.29 is 13.9 Å². The SMILES string of the molecule is CN1CCCN(c2nc(N3CCC4(CC3)CN(C(=O)OC(C)(C)C)C4)c3cc(I)c(Br)c(F)c3n2)CC1. The van der Waals surface area contributed by atoms with Gasteiger partial charge in [-0.1, -0.05) is 0 Å².